The van der Waals surface area contributed by atoms with E-state index in [1.807, 2.05) is 37.2 Å². The van der Waals surface area contributed by atoms with Gasteiger partial charge in [-0.3, -0.25) is 0 Å². The summed E-state index contributed by atoms with van der Waals surface area (Å²) >= 11 is 0. The minimum Gasteiger partial charge on any atom is -0.369 e. The highest BCUT2D eigenvalue weighted by Gasteiger charge is 2.37. The quantitative estimate of drug-likeness (QED) is 0.837. The van der Waals surface area contributed by atoms with Crippen molar-refractivity contribution in [3.8, 4) is 0 Å². The highest BCUT2D eigenvalue weighted by Crippen LogP contribution is 2.30. The lowest BCUT2D eigenvalue weighted by atomic mass is 10.2. The van der Waals surface area contributed by atoms with E-state index in [0.717, 1.165) is 37.2 Å². The molecule has 128 valence electrons. The summed E-state index contributed by atoms with van der Waals surface area (Å²) < 4.78 is 33.0. The van der Waals surface area contributed by atoms with Gasteiger partial charge in [-0.1, -0.05) is 18.9 Å². The summed E-state index contributed by atoms with van der Waals surface area (Å²) in [4.78, 5) is 6.52. The molecular weight excluding hydrogens is 314 g/mol. The van der Waals surface area contributed by atoms with Crippen molar-refractivity contribution in [1.29, 1.82) is 0 Å². The Labute approximate surface area is 138 Å². The molecule has 0 aromatic carbocycles. The number of aromatic nitrogens is 1. The zero-order valence-electron chi connectivity index (χ0n) is 13.8. The summed E-state index contributed by atoms with van der Waals surface area (Å²) in [7, 11) is 0.656. The zero-order chi connectivity index (χ0) is 16.4. The third-order valence-corrected chi connectivity index (χ3v) is 7.02. The topological polar surface area (TPSA) is 62.7 Å². The molecule has 6 nitrogen and oxygen atoms in total. The van der Waals surface area contributed by atoms with Crippen LogP contribution in [0.3, 0.4) is 0 Å². The molecule has 0 amide bonds. The third-order valence-electron chi connectivity index (χ3n) is 4.66. The van der Waals surface area contributed by atoms with E-state index in [1.54, 1.807) is 4.31 Å². The Morgan fingerprint density at radius 3 is 2.70 bits per heavy atom. The molecule has 2 heterocycles. The SMILES string of the molecule is CN(C)c1cccc([C@H]2CN(S(=O)(=O)C3CCCC3)CCO2)n1. The van der Waals surface area contributed by atoms with Gasteiger partial charge in [-0.05, 0) is 25.0 Å². The molecule has 1 aliphatic heterocycles. The van der Waals surface area contributed by atoms with Gasteiger partial charge >= 0.3 is 0 Å². The number of ether oxygens (including phenoxy) is 1. The molecule has 1 saturated heterocycles. The van der Waals surface area contributed by atoms with Gasteiger partial charge < -0.3 is 9.64 Å². The molecule has 1 aliphatic carbocycles. The maximum atomic E-state index is 12.8. The number of sulfonamides is 1. The molecule has 3 rings (SSSR count). The first kappa shape index (κ1) is 16.7. The van der Waals surface area contributed by atoms with Crippen LogP contribution in [0, 0.1) is 0 Å². The van der Waals surface area contributed by atoms with Crippen LogP contribution < -0.4 is 4.90 Å². The summed E-state index contributed by atoms with van der Waals surface area (Å²) in [6.45, 7) is 1.23. The number of morpholine rings is 1. The maximum absolute atomic E-state index is 12.8. The van der Waals surface area contributed by atoms with Gasteiger partial charge in [0.15, 0.2) is 0 Å². The normalized spacial score (nSPS) is 24.0. The van der Waals surface area contributed by atoms with Gasteiger partial charge in [0, 0.05) is 27.2 Å². The van der Waals surface area contributed by atoms with Crippen LogP contribution in [0.1, 0.15) is 37.5 Å². The maximum Gasteiger partial charge on any atom is 0.217 e. The van der Waals surface area contributed by atoms with Gasteiger partial charge in [0.05, 0.1) is 17.6 Å². The van der Waals surface area contributed by atoms with Gasteiger partial charge in [0.2, 0.25) is 10.0 Å². The van der Waals surface area contributed by atoms with Crippen LogP contribution in [0.25, 0.3) is 0 Å². The lowest BCUT2D eigenvalue weighted by molar-refractivity contribution is -0.00515. The van der Waals surface area contributed by atoms with E-state index in [9.17, 15) is 8.42 Å². The van der Waals surface area contributed by atoms with Crippen molar-refractivity contribution in [2.45, 2.75) is 37.0 Å². The molecule has 1 aromatic rings. The van der Waals surface area contributed by atoms with Crippen molar-refractivity contribution in [2.75, 3.05) is 38.7 Å². The average Bonchev–Trinajstić information content (AvgIpc) is 3.10. The first-order valence-corrected chi connectivity index (χ1v) is 9.73. The van der Waals surface area contributed by atoms with Crippen LogP contribution in [-0.2, 0) is 14.8 Å². The van der Waals surface area contributed by atoms with Crippen LogP contribution in [0.15, 0.2) is 18.2 Å². The number of anilines is 1. The largest absolute Gasteiger partial charge is 0.369 e. The second-order valence-electron chi connectivity index (χ2n) is 6.48. The predicted molar refractivity (Wildman–Crippen MR) is 90.0 cm³/mol. The van der Waals surface area contributed by atoms with E-state index < -0.39 is 10.0 Å². The number of nitrogens with zero attached hydrogens (tertiary/aromatic N) is 3. The van der Waals surface area contributed by atoms with Crippen LogP contribution >= 0.6 is 0 Å². The van der Waals surface area contributed by atoms with Gasteiger partial charge in [0.25, 0.3) is 0 Å². The Kier molecular flexibility index (Phi) is 4.89. The zero-order valence-corrected chi connectivity index (χ0v) is 14.6. The monoisotopic (exact) mass is 339 g/mol. The molecule has 7 heteroatoms. The summed E-state index contributed by atoms with van der Waals surface area (Å²) in [5.74, 6) is 0.849. The third kappa shape index (κ3) is 3.51. The molecule has 0 unspecified atom stereocenters. The van der Waals surface area contributed by atoms with E-state index in [2.05, 4.69) is 4.98 Å². The van der Waals surface area contributed by atoms with Gasteiger partial charge in [-0.15, -0.1) is 0 Å². The molecular formula is C16H25N3O3S. The Morgan fingerprint density at radius 2 is 2.00 bits per heavy atom. The van der Waals surface area contributed by atoms with Crippen LogP contribution in [-0.4, -0.2) is 56.7 Å². The Bertz CT molecular complexity index is 642. The molecule has 0 spiro atoms. The Morgan fingerprint density at radius 1 is 1.26 bits per heavy atom. The molecule has 0 bridgehead atoms. The lowest BCUT2D eigenvalue weighted by Crippen LogP contribution is -2.45. The summed E-state index contributed by atoms with van der Waals surface area (Å²) in [5.41, 5.74) is 0.794. The van der Waals surface area contributed by atoms with Crippen LogP contribution in [0.2, 0.25) is 0 Å². The molecule has 1 atom stereocenters. The van der Waals surface area contributed by atoms with Crippen molar-refractivity contribution in [2.24, 2.45) is 0 Å². The first-order chi connectivity index (χ1) is 11.0. The van der Waals surface area contributed by atoms with E-state index in [1.165, 1.54) is 0 Å². The second kappa shape index (κ2) is 6.75. The summed E-state index contributed by atoms with van der Waals surface area (Å²) in [5, 5.41) is -0.206. The fourth-order valence-corrected chi connectivity index (χ4v) is 5.32. The Hall–Kier alpha value is -1.18. The number of hydrogen-bond donors (Lipinski definition) is 0. The lowest BCUT2D eigenvalue weighted by Gasteiger charge is -2.33. The highest BCUT2D eigenvalue weighted by atomic mass is 32.2. The van der Waals surface area contributed by atoms with Crippen molar-refractivity contribution < 1.29 is 13.2 Å². The fraction of sp³-hybridized carbons (Fsp3) is 0.688. The molecule has 1 saturated carbocycles. The van der Waals surface area contributed by atoms with Crippen molar-refractivity contribution in [1.82, 2.24) is 9.29 Å². The molecule has 0 N–H and O–H groups in total. The van der Waals surface area contributed by atoms with E-state index >= 15 is 0 Å². The van der Waals surface area contributed by atoms with Gasteiger partial charge in [-0.25, -0.2) is 13.4 Å². The second-order valence-corrected chi connectivity index (χ2v) is 8.70. The molecule has 0 radical (unpaired) electrons. The van der Waals surface area contributed by atoms with Crippen molar-refractivity contribution in [3.05, 3.63) is 23.9 Å². The number of pyridine rings is 1. The molecule has 2 fully saturated rings. The van der Waals surface area contributed by atoms with E-state index in [4.69, 9.17) is 4.74 Å². The first-order valence-electron chi connectivity index (χ1n) is 8.23. The summed E-state index contributed by atoms with van der Waals surface area (Å²) in [6.07, 6.45) is 3.32. The number of rotatable bonds is 4. The molecule has 2 aliphatic rings. The minimum atomic E-state index is -3.21. The van der Waals surface area contributed by atoms with Crippen LogP contribution in [0.4, 0.5) is 5.82 Å². The predicted octanol–water partition coefficient (Wildman–Crippen LogP) is 1.79. The van der Waals surface area contributed by atoms with Gasteiger partial charge in [0.1, 0.15) is 11.9 Å². The van der Waals surface area contributed by atoms with Crippen LogP contribution in [0.5, 0.6) is 0 Å². The standard InChI is InChI=1S/C16H25N3O3S/c1-18(2)16-9-5-8-14(17-16)15-12-19(10-11-22-15)23(20,21)13-6-3-4-7-13/h5,8-9,13,15H,3-4,6-7,10-12H2,1-2H3/t15-/m1/s1. The van der Waals surface area contributed by atoms with Crippen molar-refractivity contribution >= 4 is 15.8 Å². The fourth-order valence-electron chi connectivity index (χ4n) is 3.30. The smallest absolute Gasteiger partial charge is 0.217 e. The van der Waals surface area contributed by atoms with E-state index in [0.29, 0.717) is 19.7 Å². The van der Waals surface area contributed by atoms with E-state index in [-0.39, 0.29) is 11.4 Å². The number of hydrogen-bond acceptors (Lipinski definition) is 5. The Balaban J connectivity index is 1.77. The minimum absolute atomic E-state index is 0.206. The van der Waals surface area contributed by atoms with Gasteiger partial charge in [-0.2, -0.15) is 4.31 Å². The highest BCUT2D eigenvalue weighted by molar-refractivity contribution is 7.89. The molecule has 23 heavy (non-hydrogen) atoms. The van der Waals surface area contributed by atoms with Crippen molar-refractivity contribution in [3.63, 3.8) is 0 Å². The molecule has 1 aromatic heterocycles. The average molecular weight is 339 g/mol. The summed E-state index contributed by atoms with van der Waals surface area (Å²) in [6, 6.07) is 5.77.